The van der Waals surface area contributed by atoms with Crippen molar-refractivity contribution in [1.82, 2.24) is 14.4 Å². The fourth-order valence-electron chi connectivity index (χ4n) is 5.45. The highest BCUT2D eigenvalue weighted by Crippen LogP contribution is 2.45. The van der Waals surface area contributed by atoms with Crippen LogP contribution in [0.3, 0.4) is 0 Å². The van der Waals surface area contributed by atoms with Gasteiger partial charge < -0.3 is 14.6 Å². The second-order valence-corrected chi connectivity index (χ2v) is 9.66. The lowest BCUT2D eigenvalue weighted by atomic mass is 9.79. The fraction of sp³-hybridized carbons (Fsp3) is 0.542. The Labute approximate surface area is 190 Å². The maximum absolute atomic E-state index is 15.8. The molecule has 0 radical (unpaired) electrons. The Bertz CT molecular complexity index is 1070. The van der Waals surface area contributed by atoms with Crippen LogP contribution in [0, 0.1) is 6.92 Å². The highest BCUT2D eigenvalue weighted by molar-refractivity contribution is 5.94. The van der Waals surface area contributed by atoms with Crippen LogP contribution in [0.5, 0.6) is 0 Å². The zero-order chi connectivity index (χ0) is 24.3. The summed E-state index contributed by atoms with van der Waals surface area (Å²) in [5.41, 5.74) is -0.870. The summed E-state index contributed by atoms with van der Waals surface area (Å²) in [7, 11) is 1.73. The molecule has 1 saturated heterocycles. The SMILES string of the molecule is Cc1cc(C(=O)N2CC[C@@]3(c4ccc(C(F)(F)F)n4CCN3C)[C@@H](F)C2)ccc1C(C)(C)O. The molecule has 3 heterocycles. The van der Waals surface area contributed by atoms with Gasteiger partial charge in [-0.2, -0.15) is 13.2 Å². The molecule has 1 N–H and O–H groups in total. The largest absolute Gasteiger partial charge is 0.431 e. The first-order chi connectivity index (χ1) is 15.3. The highest BCUT2D eigenvalue weighted by atomic mass is 19.4. The molecule has 2 aromatic rings. The molecule has 33 heavy (non-hydrogen) atoms. The number of hydrogen-bond acceptors (Lipinski definition) is 3. The van der Waals surface area contributed by atoms with Gasteiger partial charge in [0.05, 0.1) is 17.7 Å². The number of piperidine rings is 1. The highest BCUT2D eigenvalue weighted by Gasteiger charge is 2.53. The summed E-state index contributed by atoms with van der Waals surface area (Å²) in [5, 5.41) is 10.3. The van der Waals surface area contributed by atoms with Crippen molar-refractivity contribution in [3.8, 4) is 0 Å². The summed E-state index contributed by atoms with van der Waals surface area (Å²) < 4.78 is 57.4. The Kier molecular flexibility index (Phi) is 5.64. The minimum atomic E-state index is -4.51. The number of alkyl halides is 4. The molecule has 1 spiro atoms. The van der Waals surface area contributed by atoms with Crippen LogP contribution in [0.4, 0.5) is 17.6 Å². The molecule has 2 aliphatic heterocycles. The van der Waals surface area contributed by atoms with Crippen molar-refractivity contribution in [3.63, 3.8) is 0 Å². The zero-order valence-electron chi connectivity index (χ0n) is 19.2. The van der Waals surface area contributed by atoms with Crippen LogP contribution in [-0.4, -0.2) is 58.2 Å². The first-order valence-electron chi connectivity index (χ1n) is 11.0. The lowest BCUT2D eigenvalue weighted by Gasteiger charge is -2.52. The molecule has 0 unspecified atom stereocenters. The van der Waals surface area contributed by atoms with E-state index in [4.69, 9.17) is 0 Å². The van der Waals surface area contributed by atoms with E-state index in [9.17, 15) is 23.1 Å². The molecule has 5 nitrogen and oxygen atoms in total. The van der Waals surface area contributed by atoms with Crippen LogP contribution in [0.2, 0.25) is 0 Å². The Morgan fingerprint density at radius 2 is 1.82 bits per heavy atom. The van der Waals surface area contributed by atoms with E-state index in [1.54, 1.807) is 50.9 Å². The molecule has 0 bridgehead atoms. The van der Waals surface area contributed by atoms with E-state index in [1.807, 2.05) is 0 Å². The van der Waals surface area contributed by atoms with Crippen LogP contribution in [0.1, 0.15) is 53.1 Å². The van der Waals surface area contributed by atoms with Crippen molar-refractivity contribution in [3.05, 3.63) is 58.4 Å². The normalized spacial score (nSPS) is 24.3. The van der Waals surface area contributed by atoms with E-state index in [2.05, 4.69) is 0 Å². The number of likely N-dealkylation sites (tertiary alicyclic amines) is 1. The van der Waals surface area contributed by atoms with Gasteiger partial charge in [0, 0.05) is 30.9 Å². The number of rotatable bonds is 2. The van der Waals surface area contributed by atoms with Gasteiger partial charge in [0.15, 0.2) is 0 Å². The molecule has 1 aromatic heterocycles. The average molecular weight is 468 g/mol. The summed E-state index contributed by atoms with van der Waals surface area (Å²) in [5.74, 6) is -0.331. The van der Waals surface area contributed by atoms with Crippen LogP contribution < -0.4 is 0 Å². The lowest BCUT2D eigenvalue weighted by molar-refractivity contribution is -0.145. The maximum atomic E-state index is 15.8. The smallest absolute Gasteiger partial charge is 0.386 e. The Morgan fingerprint density at radius 3 is 2.39 bits per heavy atom. The molecule has 9 heteroatoms. The third-order valence-electron chi connectivity index (χ3n) is 7.14. The minimum absolute atomic E-state index is 0.137. The van der Waals surface area contributed by atoms with Gasteiger partial charge in [-0.1, -0.05) is 6.07 Å². The topological polar surface area (TPSA) is 48.7 Å². The fourth-order valence-corrected chi connectivity index (χ4v) is 5.45. The number of aliphatic hydroxyl groups is 1. The number of carbonyl (C=O) groups excluding carboxylic acids is 1. The molecule has 180 valence electrons. The van der Waals surface area contributed by atoms with E-state index in [0.717, 1.165) is 11.6 Å². The number of likely N-dealkylation sites (N-methyl/N-ethyl adjacent to an activating group) is 1. The van der Waals surface area contributed by atoms with Gasteiger partial charge in [0.2, 0.25) is 0 Å². The summed E-state index contributed by atoms with van der Waals surface area (Å²) in [4.78, 5) is 16.3. The Balaban J connectivity index is 1.60. The molecule has 0 aliphatic carbocycles. The van der Waals surface area contributed by atoms with Gasteiger partial charge in [-0.3, -0.25) is 9.69 Å². The number of aromatic nitrogens is 1. The van der Waals surface area contributed by atoms with Crippen molar-refractivity contribution in [1.29, 1.82) is 0 Å². The second kappa shape index (κ2) is 7.84. The number of nitrogens with zero attached hydrogens (tertiary/aromatic N) is 3. The van der Waals surface area contributed by atoms with Gasteiger partial charge >= 0.3 is 6.18 Å². The van der Waals surface area contributed by atoms with Crippen molar-refractivity contribution < 1.29 is 27.5 Å². The van der Waals surface area contributed by atoms with E-state index >= 15 is 4.39 Å². The van der Waals surface area contributed by atoms with Gasteiger partial charge in [0.1, 0.15) is 11.9 Å². The number of hydrogen-bond donors (Lipinski definition) is 1. The summed E-state index contributed by atoms with van der Waals surface area (Å²) >= 11 is 0. The van der Waals surface area contributed by atoms with E-state index < -0.39 is 29.2 Å². The molecule has 1 amide bonds. The predicted molar refractivity (Wildman–Crippen MR) is 116 cm³/mol. The molecule has 0 saturated carbocycles. The van der Waals surface area contributed by atoms with Crippen molar-refractivity contribution in [2.24, 2.45) is 0 Å². The number of fused-ring (bicyclic) bond motifs is 2. The van der Waals surface area contributed by atoms with Gasteiger partial charge in [-0.15, -0.1) is 0 Å². The Hall–Kier alpha value is -2.39. The van der Waals surface area contributed by atoms with Crippen molar-refractivity contribution >= 4 is 5.91 Å². The molecule has 2 aliphatic rings. The quantitative estimate of drug-likeness (QED) is 0.678. The third kappa shape index (κ3) is 3.85. The van der Waals surface area contributed by atoms with E-state index in [-0.39, 0.29) is 38.5 Å². The maximum Gasteiger partial charge on any atom is 0.431 e. The van der Waals surface area contributed by atoms with Crippen molar-refractivity contribution in [2.45, 2.75) is 57.2 Å². The summed E-state index contributed by atoms with van der Waals surface area (Å²) in [6.45, 7) is 5.57. The lowest BCUT2D eigenvalue weighted by Crippen LogP contribution is -2.63. The first-order valence-corrected chi connectivity index (χ1v) is 11.0. The van der Waals surface area contributed by atoms with Crippen LogP contribution >= 0.6 is 0 Å². The first kappa shape index (κ1) is 23.8. The minimum Gasteiger partial charge on any atom is -0.386 e. The number of carbonyl (C=O) groups is 1. The zero-order valence-corrected chi connectivity index (χ0v) is 19.2. The number of benzene rings is 1. The monoisotopic (exact) mass is 467 g/mol. The van der Waals surface area contributed by atoms with E-state index in [0.29, 0.717) is 16.8 Å². The molecule has 1 aromatic carbocycles. The van der Waals surface area contributed by atoms with Gasteiger partial charge in [0.25, 0.3) is 5.91 Å². The number of halogens is 4. The van der Waals surface area contributed by atoms with Crippen molar-refractivity contribution in [2.75, 3.05) is 26.7 Å². The van der Waals surface area contributed by atoms with Crippen LogP contribution in [0.15, 0.2) is 30.3 Å². The molecular formula is C24H29F4N3O2. The summed E-state index contributed by atoms with van der Waals surface area (Å²) in [6.07, 6.45) is -5.87. The average Bonchev–Trinajstić information content (AvgIpc) is 3.16. The van der Waals surface area contributed by atoms with Crippen LogP contribution in [-0.2, 0) is 23.9 Å². The number of aryl methyl sites for hydroxylation is 1. The standard InChI is InChI=1S/C24H29F4N3O2/c1-15-13-16(5-6-17(15)22(2,3)33)21(32)30-10-9-23(18(25)14-30)19-7-8-20(24(26,27)28)31(19)12-11-29(23)4/h5-8,13,18,33H,9-12,14H2,1-4H3/t18-,23-/m0/s1. The number of amides is 1. The third-order valence-corrected chi connectivity index (χ3v) is 7.14. The molecule has 1 fully saturated rings. The second-order valence-electron chi connectivity index (χ2n) is 9.66. The molecule has 4 rings (SSSR count). The Morgan fingerprint density at radius 1 is 1.12 bits per heavy atom. The predicted octanol–water partition coefficient (Wildman–Crippen LogP) is 4.07. The molecule has 2 atom stereocenters. The van der Waals surface area contributed by atoms with E-state index in [1.165, 1.54) is 15.5 Å². The van der Waals surface area contributed by atoms with Crippen LogP contribution in [0.25, 0.3) is 0 Å². The molecular weight excluding hydrogens is 438 g/mol. The van der Waals surface area contributed by atoms with Gasteiger partial charge in [-0.05, 0) is 69.6 Å². The summed E-state index contributed by atoms with van der Waals surface area (Å²) in [6, 6.07) is 7.39. The van der Waals surface area contributed by atoms with Gasteiger partial charge in [-0.25, -0.2) is 4.39 Å².